The van der Waals surface area contributed by atoms with Crippen LogP contribution in [0, 0.1) is 6.92 Å². The van der Waals surface area contributed by atoms with Gasteiger partial charge in [-0.3, -0.25) is 4.79 Å². The molecule has 10 heteroatoms. The van der Waals surface area contributed by atoms with Gasteiger partial charge in [-0.25, -0.2) is 4.98 Å². The molecule has 1 atom stereocenters. The molecule has 1 aliphatic heterocycles. The highest BCUT2D eigenvalue weighted by atomic mass is 16.5. The van der Waals surface area contributed by atoms with Crippen molar-refractivity contribution >= 4 is 5.91 Å². The van der Waals surface area contributed by atoms with Crippen LogP contribution >= 0.6 is 0 Å². The summed E-state index contributed by atoms with van der Waals surface area (Å²) in [5.74, 6) is 1.63. The Balaban J connectivity index is 1.45. The summed E-state index contributed by atoms with van der Waals surface area (Å²) in [5, 5.41) is 17.1. The van der Waals surface area contributed by atoms with Crippen molar-refractivity contribution in [1.82, 2.24) is 40.1 Å². The number of likely N-dealkylation sites (tertiary alicyclic amines) is 1. The molecule has 5 rings (SSSR count). The van der Waals surface area contributed by atoms with E-state index < -0.39 is 0 Å². The molecular weight excluding hydrogens is 420 g/mol. The Labute approximate surface area is 190 Å². The Bertz CT molecular complexity index is 1270. The first-order chi connectivity index (χ1) is 16.2. The number of pyridine rings is 1. The van der Waals surface area contributed by atoms with Crippen LogP contribution in [-0.4, -0.2) is 59.1 Å². The van der Waals surface area contributed by atoms with E-state index in [9.17, 15) is 4.79 Å². The number of hydrogen-bond acceptors (Lipinski definition) is 7. The fourth-order valence-electron chi connectivity index (χ4n) is 4.15. The van der Waals surface area contributed by atoms with Crippen molar-refractivity contribution in [2.45, 2.75) is 32.7 Å². The molecule has 4 aromatic rings. The largest absolute Gasteiger partial charge is 0.477 e. The van der Waals surface area contributed by atoms with Gasteiger partial charge in [-0.15, -0.1) is 10.2 Å². The molecular formula is C23H24N8O2. The van der Waals surface area contributed by atoms with Gasteiger partial charge in [-0.2, -0.15) is 15.0 Å². The van der Waals surface area contributed by atoms with E-state index in [2.05, 4.69) is 30.4 Å². The van der Waals surface area contributed by atoms with E-state index in [0.29, 0.717) is 41.9 Å². The Hall–Kier alpha value is -4.08. The van der Waals surface area contributed by atoms with Crippen LogP contribution in [0.1, 0.15) is 47.6 Å². The monoisotopic (exact) mass is 444 g/mol. The molecule has 1 saturated heterocycles. The van der Waals surface area contributed by atoms with Gasteiger partial charge < -0.3 is 14.6 Å². The minimum Gasteiger partial charge on any atom is -0.477 e. The number of aryl methyl sites for hydroxylation is 1. The number of ether oxygens (including phenoxy) is 1. The molecule has 1 aliphatic rings. The smallest absolute Gasteiger partial charge is 0.256 e. The van der Waals surface area contributed by atoms with Crippen molar-refractivity contribution in [3.05, 3.63) is 65.9 Å². The average Bonchev–Trinajstić information content (AvgIpc) is 3.61. The van der Waals surface area contributed by atoms with E-state index in [1.165, 1.54) is 4.80 Å². The molecule has 1 N–H and O–H groups in total. The molecule has 1 aromatic carbocycles. The Morgan fingerprint density at radius 2 is 2.03 bits per heavy atom. The first-order valence-corrected chi connectivity index (χ1v) is 10.9. The molecule has 168 valence electrons. The number of H-pyrrole nitrogens is 1. The van der Waals surface area contributed by atoms with E-state index in [-0.39, 0.29) is 11.9 Å². The number of amides is 1. The van der Waals surface area contributed by atoms with Crippen LogP contribution in [0.2, 0.25) is 0 Å². The van der Waals surface area contributed by atoms with Gasteiger partial charge in [0.25, 0.3) is 5.91 Å². The molecule has 0 aliphatic carbocycles. The summed E-state index contributed by atoms with van der Waals surface area (Å²) in [6.07, 6.45) is 6.55. The summed E-state index contributed by atoms with van der Waals surface area (Å²) >= 11 is 0. The van der Waals surface area contributed by atoms with Gasteiger partial charge in [0.2, 0.25) is 5.88 Å². The maximum absolute atomic E-state index is 13.6. The van der Waals surface area contributed by atoms with Gasteiger partial charge in [-0.05, 0) is 56.5 Å². The summed E-state index contributed by atoms with van der Waals surface area (Å²) in [5.41, 5.74) is 2.97. The van der Waals surface area contributed by atoms with E-state index in [4.69, 9.17) is 4.74 Å². The minimum atomic E-state index is -0.203. The molecule has 0 bridgehead atoms. The second-order valence-electron chi connectivity index (χ2n) is 7.84. The summed E-state index contributed by atoms with van der Waals surface area (Å²) < 4.78 is 5.62. The third kappa shape index (κ3) is 3.95. The predicted octanol–water partition coefficient (Wildman–Crippen LogP) is 3.13. The molecule has 1 unspecified atom stereocenters. The van der Waals surface area contributed by atoms with Gasteiger partial charge in [0, 0.05) is 12.7 Å². The van der Waals surface area contributed by atoms with Crippen LogP contribution in [0.3, 0.4) is 0 Å². The highest BCUT2D eigenvalue weighted by Crippen LogP contribution is 2.34. The standard InChI is InChI=1S/C23H24N8O2/c1-3-33-22-17(6-4-10-24-22)20-27-21(29-28-20)18-7-5-13-30(18)23(32)16-9-8-15(2)14-19(16)31-25-11-12-26-31/h4,6,8-12,14,18H,3,5,7,13H2,1-2H3,(H,27,28,29). The third-order valence-electron chi connectivity index (χ3n) is 5.66. The van der Waals surface area contributed by atoms with Gasteiger partial charge in [-0.1, -0.05) is 6.07 Å². The highest BCUT2D eigenvalue weighted by molar-refractivity contribution is 5.98. The van der Waals surface area contributed by atoms with Crippen molar-refractivity contribution in [3.63, 3.8) is 0 Å². The molecule has 0 spiro atoms. The second kappa shape index (κ2) is 8.81. The lowest BCUT2D eigenvalue weighted by Crippen LogP contribution is -2.32. The Morgan fingerprint density at radius 3 is 2.85 bits per heavy atom. The van der Waals surface area contributed by atoms with Crippen LogP contribution in [0.5, 0.6) is 5.88 Å². The first-order valence-electron chi connectivity index (χ1n) is 10.9. The molecule has 1 fully saturated rings. The molecule has 10 nitrogen and oxygen atoms in total. The van der Waals surface area contributed by atoms with Crippen LogP contribution < -0.4 is 4.74 Å². The molecule has 33 heavy (non-hydrogen) atoms. The normalized spacial score (nSPS) is 15.7. The summed E-state index contributed by atoms with van der Waals surface area (Å²) in [7, 11) is 0. The number of nitrogens with one attached hydrogen (secondary N) is 1. The van der Waals surface area contributed by atoms with Crippen molar-refractivity contribution in [2.75, 3.05) is 13.2 Å². The number of rotatable bonds is 6. The number of hydrogen-bond donors (Lipinski definition) is 1. The van der Waals surface area contributed by atoms with Crippen molar-refractivity contribution in [1.29, 1.82) is 0 Å². The van der Waals surface area contributed by atoms with Crippen LogP contribution in [0.15, 0.2) is 48.9 Å². The number of benzene rings is 1. The van der Waals surface area contributed by atoms with E-state index >= 15 is 0 Å². The lowest BCUT2D eigenvalue weighted by Gasteiger charge is -2.24. The first kappa shape index (κ1) is 20.8. The number of nitrogens with zero attached hydrogens (tertiary/aromatic N) is 7. The average molecular weight is 444 g/mol. The Kier molecular flexibility index (Phi) is 5.55. The van der Waals surface area contributed by atoms with E-state index in [1.54, 1.807) is 18.6 Å². The lowest BCUT2D eigenvalue weighted by molar-refractivity contribution is 0.0729. The van der Waals surface area contributed by atoms with Crippen molar-refractivity contribution in [2.24, 2.45) is 0 Å². The molecule has 0 saturated carbocycles. The number of carbonyl (C=O) groups is 1. The fourth-order valence-corrected chi connectivity index (χ4v) is 4.15. The summed E-state index contributed by atoms with van der Waals surface area (Å²) in [6.45, 7) is 5.02. The molecule has 1 amide bonds. The number of aromatic amines is 1. The minimum absolute atomic E-state index is 0.0841. The van der Waals surface area contributed by atoms with Crippen molar-refractivity contribution in [3.8, 4) is 23.0 Å². The SMILES string of the molecule is CCOc1ncccc1-c1nnc(C2CCCN2C(=O)c2ccc(C)cc2-n2nccn2)[nH]1. The zero-order chi connectivity index (χ0) is 22.8. The molecule has 4 heterocycles. The maximum Gasteiger partial charge on any atom is 0.256 e. The molecule has 0 radical (unpaired) electrons. The number of carbonyl (C=O) groups excluding carboxylic acids is 1. The predicted molar refractivity (Wildman–Crippen MR) is 120 cm³/mol. The van der Waals surface area contributed by atoms with Crippen LogP contribution in [0.25, 0.3) is 17.1 Å². The van der Waals surface area contributed by atoms with Gasteiger partial charge >= 0.3 is 0 Å². The summed E-state index contributed by atoms with van der Waals surface area (Å²) in [4.78, 5) is 24.5. The third-order valence-corrected chi connectivity index (χ3v) is 5.66. The molecule has 3 aromatic heterocycles. The highest BCUT2D eigenvalue weighted by Gasteiger charge is 2.34. The van der Waals surface area contributed by atoms with Gasteiger partial charge in [0.15, 0.2) is 11.6 Å². The zero-order valence-electron chi connectivity index (χ0n) is 18.5. The van der Waals surface area contributed by atoms with E-state index in [0.717, 1.165) is 24.0 Å². The second-order valence-corrected chi connectivity index (χ2v) is 7.84. The van der Waals surface area contributed by atoms with Crippen LogP contribution in [-0.2, 0) is 0 Å². The van der Waals surface area contributed by atoms with Crippen molar-refractivity contribution < 1.29 is 9.53 Å². The fraction of sp³-hybridized carbons (Fsp3) is 0.304. The summed E-state index contributed by atoms with van der Waals surface area (Å²) in [6, 6.07) is 9.19. The van der Waals surface area contributed by atoms with Crippen LogP contribution in [0.4, 0.5) is 0 Å². The van der Waals surface area contributed by atoms with Gasteiger partial charge in [0.1, 0.15) is 0 Å². The lowest BCUT2D eigenvalue weighted by atomic mass is 10.1. The maximum atomic E-state index is 13.6. The number of aromatic nitrogens is 7. The zero-order valence-corrected chi connectivity index (χ0v) is 18.5. The topological polar surface area (TPSA) is 115 Å². The Morgan fingerprint density at radius 1 is 1.18 bits per heavy atom. The van der Waals surface area contributed by atoms with E-state index in [1.807, 2.05) is 49.1 Å². The van der Waals surface area contributed by atoms with Gasteiger partial charge in [0.05, 0.1) is 41.9 Å². The quantitative estimate of drug-likeness (QED) is 0.486.